The number of rotatable bonds is 3. The molecule has 1 aliphatic heterocycles. The van der Waals surface area contributed by atoms with Crippen molar-refractivity contribution in [1.82, 2.24) is 5.32 Å². The van der Waals surface area contributed by atoms with Gasteiger partial charge in [0, 0.05) is 13.5 Å². The van der Waals surface area contributed by atoms with Crippen LogP contribution in [0.5, 0.6) is 0 Å². The number of anilines is 1. The summed E-state index contributed by atoms with van der Waals surface area (Å²) in [6.07, 6.45) is 1.80. The summed E-state index contributed by atoms with van der Waals surface area (Å²) in [5.41, 5.74) is 0. The highest BCUT2D eigenvalue weighted by molar-refractivity contribution is 7.14. The molecule has 0 saturated carbocycles. The Hall–Kier alpha value is -0.870. The van der Waals surface area contributed by atoms with Crippen LogP contribution in [0.25, 0.3) is 0 Å². The molecule has 1 aromatic rings. The maximum absolute atomic E-state index is 11.9. The molecule has 2 heterocycles. The van der Waals surface area contributed by atoms with Crippen LogP contribution in [-0.2, 0) is 4.79 Å². The lowest BCUT2D eigenvalue weighted by molar-refractivity contribution is -0.119. The fourth-order valence-electron chi connectivity index (χ4n) is 1.86. The summed E-state index contributed by atoms with van der Waals surface area (Å²) in [7, 11) is 1.86. The minimum Gasteiger partial charge on any atom is -0.316 e. The molecule has 1 N–H and O–H groups in total. The van der Waals surface area contributed by atoms with Crippen molar-refractivity contribution in [2.75, 3.05) is 25.0 Å². The van der Waals surface area contributed by atoms with E-state index in [2.05, 4.69) is 5.32 Å². The maximum Gasteiger partial charge on any atom is 0.227 e. The first-order valence-corrected chi connectivity index (χ1v) is 6.16. The highest BCUT2D eigenvalue weighted by Gasteiger charge is 2.20. The van der Waals surface area contributed by atoms with E-state index in [-0.39, 0.29) is 5.91 Å². The predicted octanol–water partition coefficient (Wildman–Crippen LogP) is 1.71. The van der Waals surface area contributed by atoms with Crippen LogP contribution < -0.4 is 10.2 Å². The summed E-state index contributed by atoms with van der Waals surface area (Å²) in [6.45, 7) is 2.05. The summed E-state index contributed by atoms with van der Waals surface area (Å²) >= 11 is 1.61. The topological polar surface area (TPSA) is 32.3 Å². The molecular formula is C11H16N2OS. The van der Waals surface area contributed by atoms with Crippen molar-refractivity contribution >= 4 is 22.2 Å². The van der Waals surface area contributed by atoms with Crippen LogP contribution in [0.3, 0.4) is 0 Å². The van der Waals surface area contributed by atoms with Gasteiger partial charge in [0.1, 0.15) is 0 Å². The lowest BCUT2D eigenvalue weighted by atomic mass is 10.0. The zero-order valence-electron chi connectivity index (χ0n) is 8.90. The molecule has 0 aliphatic carbocycles. The second-order valence-corrected chi connectivity index (χ2v) is 4.89. The first-order chi connectivity index (χ1) is 7.27. The van der Waals surface area contributed by atoms with Crippen molar-refractivity contribution in [2.45, 2.75) is 12.8 Å². The van der Waals surface area contributed by atoms with Gasteiger partial charge >= 0.3 is 0 Å². The van der Waals surface area contributed by atoms with Gasteiger partial charge in [-0.25, -0.2) is 0 Å². The van der Waals surface area contributed by atoms with E-state index in [1.54, 1.807) is 16.2 Å². The van der Waals surface area contributed by atoms with Crippen LogP contribution in [0.1, 0.15) is 12.8 Å². The fraction of sp³-hybridized carbons (Fsp3) is 0.545. The Balaban J connectivity index is 1.90. The highest BCUT2D eigenvalue weighted by Crippen LogP contribution is 2.22. The number of hydrogen-bond acceptors (Lipinski definition) is 3. The van der Waals surface area contributed by atoms with Crippen LogP contribution in [0, 0.1) is 5.92 Å². The van der Waals surface area contributed by atoms with E-state index in [9.17, 15) is 4.79 Å². The largest absolute Gasteiger partial charge is 0.316 e. The summed E-state index contributed by atoms with van der Waals surface area (Å²) < 4.78 is 0. The summed E-state index contributed by atoms with van der Waals surface area (Å²) in [6, 6.07) is 3.95. The molecule has 15 heavy (non-hydrogen) atoms. The quantitative estimate of drug-likeness (QED) is 0.847. The van der Waals surface area contributed by atoms with Crippen molar-refractivity contribution < 1.29 is 4.79 Å². The van der Waals surface area contributed by atoms with Crippen molar-refractivity contribution in [2.24, 2.45) is 5.92 Å². The minimum atomic E-state index is 0.228. The van der Waals surface area contributed by atoms with Gasteiger partial charge < -0.3 is 10.2 Å². The summed E-state index contributed by atoms with van der Waals surface area (Å²) in [4.78, 5) is 13.7. The number of hydrogen-bond donors (Lipinski definition) is 1. The van der Waals surface area contributed by atoms with Gasteiger partial charge in [-0.1, -0.05) is 0 Å². The molecule has 0 bridgehead atoms. The van der Waals surface area contributed by atoms with Crippen LogP contribution >= 0.6 is 11.3 Å². The van der Waals surface area contributed by atoms with E-state index in [1.807, 2.05) is 24.6 Å². The number of thiophene rings is 1. The van der Waals surface area contributed by atoms with E-state index >= 15 is 0 Å². The monoisotopic (exact) mass is 224 g/mol. The molecule has 1 aliphatic rings. The Kier molecular flexibility index (Phi) is 3.38. The molecule has 1 amide bonds. The number of carbonyl (C=O) groups is 1. The van der Waals surface area contributed by atoms with E-state index in [1.165, 1.54) is 0 Å². The van der Waals surface area contributed by atoms with Gasteiger partial charge in [-0.3, -0.25) is 4.79 Å². The molecule has 1 fully saturated rings. The van der Waals surface area contributed by atoms with E-state index in [4.69, 9.17) is 0 Å². The van der Waals surface area contributed by atoms with Gasteiger partial charge in [-0.05, 0) is 42.9 Å². The number of nitrogens with zero attached hydrogens (tertiary/aromatic N) is 1. The van der Waals surface area contributed by atoms with Gasteiger partial charge in [-0.15, -0.1) is 11.3 Å². The first-order valence-electron chi connectivity index (χ1n) is 5.28. The SMILES string of the molecule is CN(C(=O)CC1CCNC1)c1cccs1. The highest BCUT2D eigenvalue weighted by atomic mass is 32.1. The Morgan fingerprint density at radius 2 is 2.60 bits per heavy atom. The van der Waals surface area contributed by atoms with Crippen molar-refractivity contribution in [3.63, 3.8) is 0 Å². The molecule has 3 nitrogen and oxygen atoms in total. The van der Waals surface area contributed by atoms with Crippen LogP contribution in [0.4, 0.5) is 5.00 Å². The summed E-state index contributed by atoms with van der Waals surface area (Å²) in [5, 5.41) is 6.31. The number of nitrogens with one attached hydrogen (secondary N) is 1. The molecule has 82 valence electrons. The molecular weight excluding hydrogens is 208 g/mol. The predicted molar refractivity (Wildman–Crippen MR) is 63.3 cm³/mol. The van der Waals surface area contributed by atoms with Gasteiger partial charge in [0.2, 0.25) is 5.91 Å². The smallest absolute Gasteiger partial charge is 0.227 e. The first kappa shape index (κ1) is 10.6. The number of amides is 1. The zero-order chi connectivity index (χ0) is 10.7. The van der Waals surface area contributed by atoms with Crippen molar-refractivity contribution in [3.05, 3.63) is 17.5 Å². The van der Waals surface area contributed by atoms with Gasteiger partial charge in [0.05, 0.1) is 5.00 Å². The Morgan fingerprint density at radius 1 is 1.73 bits per heavy atom. The van der Waals surface area contributed by atoms with Crippen LogP contribution in [-0.4, -0.2) is 26.0 Å². The molecule has 1 unspecified atom stereocenters. The van der Waals surface area contributed by atoms with Crippen LogP contribution in [0.2, 0.25) is 0 Å². The second-order valence-electron chi connectivity index (χ2n) is 3.97. The zero-order valence-corrected chi connectivity index (χ0v) is 9.72. The maximum atomic E-state index is 11.9. The van der Waals surface area contributed by atoms with Gasteiger partial charge in [-0.2, -0.15) is 0 Å². The molecule has 0 radical (unpaired) electrons. The summed E-state index contributed by atoms with van der Waals surface area (Å²) in [5.74, 6) is 0.756. The second kappa shape index (κ2) is 4.77. The van der Waals surface area contributed by atoms with Crippen LogP contribution in [0.15, 0.2) is 17.5 Å². The third-order valence-electron chi connectivity index (χ3n) is 2.84. The molecule has 0 aromatic carbocycles. The molecule has 2 rings (SSSR count). The third kappa shape index (κ3) is 2.58. The minimum absolute atomic E-state index is 0.228. The van der Waals surface area contributed by atoms with E-state index in [0.717, 1.165) is 24.5 Å². The third-order valence-corrected chi connectivity index (χ3v) is 3.78. The molecule has 1 aromatic heterocycles. The van der Waals surface area contributed by atoms with Gasteiger partial charge in [0.25, 0.3) is 0 Å². The van der Waals surface area contributed by atoms with Crippen molar-refractivity contribution in [3.8, 4) is 0 Å². The lowest BCUT2D eigenvalue weighted by Crippen LogP contribution is -2.27. The lowest BCUT2D eigenvalue weighted by Gasteiger charge is -2.17. The Bertz CT molecular complexity index is 317. The van der Waals surface area contributed by atoms with Gasteiger partial charge in [0.15, 0.2) is 0 Å². The standard InChI is InChI=1S/C11H16N2OS/c1-13(11-3-2-6-15-11)10(14)7-9-4-5-12-8-9/h2-3,6,9,12H,4-5,7-8H2,1H3. The van der Waals surface area contributed by atoms with Crippen molar-refractivity contribution in [1.29, 1.82) is 0 Å². The molecule has 4 heteroatoms. The Morgan fingerprint density at radius 3 is 3.20 bits per heavy atom. The van der Waals surface area contributed by atoms with E-state index in [0.29, 0.717) is 12.3 Å². The normalized spacial score (nSPS) is 20.5. The van der Waals surface area contributed by atoms with E-state index < -0.39 is 0 Å². The average molecular weight is 224 g/mol. The molecule has 0 spiro atoms. The number of carbonyl (C=O) groups excluding carboxylic acids is 1. The fourth-order valence-corrected chi connectivity index (χ4v) is 2.57. The Labute approximate surface area is 94.1 Å². The molecule has 1 saturated heterocycles. The average Bonchev–Trinajstić information content (AvgIpc) is 2.88. The molecule has 1 atom stereocenters.